The van der Waals surface area contributed by atoms with Crippen LogP contribution in [-0.2, 0) is 6.18 Å². The monoisotopic (exact) mass is 499 g/mol. The summed E-state index contributed by atoms with van der Waals surface area (Å²) in [6.45, 7) is 3.11. The summed E-state index contributed by atoms with van der Waals surface area (Å²) in [7, 11) is 1.48. The van der Waals surface area contributed by atoms with Crippen molar-refractivity contribution in [3.05, 3.63) is 71.8 Å². The topological polar surface area (TPSA) is 89.5 Å². The van der Waals surface area contributed by atoms with Crippen molar-refractivity contribution >= 4 is 17.9 Å². The Balaban J connectivity index is 1.38. The van der Waals surface area contributed by atoms with Crippen molar-refractivity contribution < 1.29 is 27.4 Å². The number of carbonyl (C=O) groups excluding carboxylic acids is 1. The molecule has 4 rings (SSSR count). The summed E-state index contributed by atoms with van der Waals surface area (Å²) in [4.78, 5) is 25.9. The van der Waals surface area contributed by atoms with Gasteiger partial charge in [-0.15, -0.1) is 0 Å². The van der Waals surface area contributed by atoms with Crippen molar-refractivity contribution in [2.75, 3.05) is 25.5 Å². The van der Waals surface area contributed by atoms with Crippen LogP contribution in [0.15, 0.2) is 60.6 Å². The van der Waals surface area contributed by atoms with E-state index in [0.717, 1.165) is 17.8 Å². The van der Waals surface area contributed by atoms with Crippen LogP contribution < -0.4 is 14.8 Å². The van der Waals surface area contributed by atoms with E-state index in [0.29, 0.717) is 37.0 Å². The fourth-order valence-electron chi connectivity index (χ4n) is 3.77. The molecule has 0 saturated carbocycles. The molecule has 1 aliphatic rings. The predicted octanol–water partition coefficient (Wildman–Crippen LogP) is 5.65. The minimum atomic E-state index is -4.50. The van der Waals surface area contributed by atoms with Gasteiger partial charge in [0.1, 0.15) is 17.2 Å². The van der Waals surface area contributed by atoms with Crippen molar-refractivity contribution in [3.63, 3.8) is 0 Å². The van der Waals surface area contributed by atoms with Gasteiger partial charge in [-0.2, -0.15) is 18.2 Å². The van der Waals surface area contributed by atoms with Crippen LogP contribution in [0.4, 0.5) is 23.8 Å². The number of methoxy groups -OCH3 is 1. The molecule has 8 nitrogen and oxygen atoms in total. The van der Waals surface area contributed by atoms with Gasteiger partial charge in [0.15, 0.2) is 5.82 Å². The summed E-state index contributed by atoms with van der Waals surface area (Å²) in [5.74, 6) is 1.43. The van der Waals surface area contributed by atoms with Gasteiger partial charge in [0.05, 0.1) is 25.7 Å². The van der Waals surface area contributed by atoms with Gasteiger partial charge in [-0.1, -0.05) is 30.7 Å². The minimum Gasteiger partial charge on any atom is -0.480 e. The highest BCUT2D eigenvalue weighted by molar-refractivity contribution is 5.88. The van der Waals surface area contributed by atoms with Crippen molar-refractivity contribution in [2.45, 2.75) is 19.5 Å². The molecule has 188 valence electrons. The second-order valence-corrected chi connectivity index (χ2v) is 8.24. The van der Waals surface area contributed by atoms with Crippen LogP contribution in [0.25, 0.3) is 6.08 Å². The molecule has 36 heavy (non-hydrogen) atoms. The number of amides is 2. The molecule has 1 N–H and O–H groups in total. The van der Waals surface area contributed by atoms with Gasteiger partial charge < -0.3 is 14.4 Å². The van der Waals surface area contributed by atoms with E-state index in [-0.39, 0.29) is 17.7 Å². The zero-order valence-corrected chi connectivity index (χ0v) is 19.6. The molecule has 2 aromatic heterocycles. The minimum absolute atomic E-state index is 0.115. The molecule has 1 atom stereocenters. The number of carbonyl (C=O) groups is 1. The van der Waals surface area contributed by atoms with Gasteiger partial charge >= 0.3 is 12.2 Å². The third-order valence-corrected chi connectivity index (χ3v) is 5.61. The second-order valence-electron chi connectivity index (χ2n) is 8.24. The SMILES string of the molecule is COc1cncc(NC(=O)N2CC/C(=C\c3cccc(Oc4ccc(C(F)(F)F)nc4)c3)C(C)C2)n1. The Hall–Kier alpha value is -4.15. The standard InChI is InChI=1S/C25H24F3N5O3/c1-16-15-33(24(34)32-22-13-29-14-23(31-22)35-2)9-8-18(16)10-17-4-3-5-19(11-17)36-20-6-7-21(30-12-20)25(26,27)28/h3-7,10-14,16H,8-9,15H2,1-2H3,(H,31,32,34)/b18-10+. The van der Waals surface area contributed by atoms with Crippen LogP contribution in [0.1, 0.15) is 24.6 Å². The summed E-state index contributed by atoms with van der Waals surface area (Å²) in [6.07, 6.45) is 2.19. The number of halogens is 3. The number of hydrogen-bond donors (Lipinski definition) is 1. The molecule has 0 bridgehead atoms. The number of pyridine rings is 1. The number of hydrogen-bond acceptors (Lipinski definition) is 6. The van der Waals surface area contributed by atoms with E-state index in [4.69, 9.17) is 9.47 Å². The maximum absolute atomic E-state index is 12.7. The molecular weight excluding hydrogens is 475 g/mol. The highest BCUT2D eigenvalue weighted by Crippen LogP contribution is 2.30. The number of nitrogens with one attached hydrogen (secondary N) is 1. The molecule has 3 heterocycles. The van der Waals surface area contributed by atoms with Gasteiger partial charge in [0, 0.05) is 13.1 Å². The number of benzene rings is 1. The van der Waals surface area contributed by atoms with Crippen LogP contribution in [-0.4, -0.2) is 46.1 Å². The van der Waals surface area contributed by atoms with Gasteiger partial charge in [-0.25, -0.2) is 9.78 Å². The maximum Gasteiger partial charge on any atom is 0.433 e. The number of alkyl halides is 3. The molecule has 1 aliphatic heterocycles. The number of nitrogens with zero attached hydrogens (tertiary/aromatic N) is 4. The van der Waals surface area contributed by atoms with Crippen LogP contribution in [0.2, 0.25) is 0 Å². The fourth-order valence-corrected chi connectivity index (χ4v) is 3.77. The molecule has 0 radical (unpaired) electrons. The van der Waals surface area contributed by atoms with Crippen LogP contribution in [0.5, 0.6) is 17.4 Å². The van der Waals surface area contributed by atoms with Crippen LogP contribution in [0.3, 0.4) is 0 Å². The van der Waals surface area contributed by atoms with Gasteiger partial charge in [-0.3, -0.25) is 10.3 Å². The number of aromatic nitrogens is 3. The molecule has 2 amide bonds. The first-order valence-corrected chi connectivity index (χ1v) is 11.1. The molecule has 1 aromatic carbocycles. The fraction of sp³-hybridized carbons (Fsp3) is 0.280. The third-order valence-electron chi connectivity index (χ3n) is 5.61. The zero-order chi connectivity index (χ0) is 25.7. The molecule has 11 heteroatoms. The van der Waals surface area contributed by atoms with E-state index in [9.17, 15) is 18.0 Å². The van der Waals surface area contributed by atoms with E-state index in [2.05, 4.69) is 20.3 Å². The van der Waals surface area contributed by atoms with Gasteiger partial charge in [-0.05, 0) is 42.2 Å². The lowest BCUT2D eigenvalue weighted by molar-refractivity contribution is -0.141. The number of urea groups is 1. The summed E-state index contributed by atoms with van der Waals surface area (Å²) in [5.41, 5.74) is 1.09. The van der Waals surface area contributed by atoms with E-state index < -0.39 is 11.9 Å². The first kappa shape index (κ1) is 25.0. The Morgan fingerprint density at radius 1 is 1.17 bits per heavy atom. The Labute approximate surface area is 205 Å². The summed E-state index contributed by atoms with van der Waals surface area (Å²) in [5, 5.41) is 2.74. The Morgan fingerprint density at radius 2 is 2.00 bits per heavy atom. The molecular formula is C25H24F3N5O3. The summed E-state index contributed by atoms with van der Waals surface area (Å²) in [6, 6.07) is 9.10. The van der Waals surface area contributed by atoms with E-state index in [1.54, 1.807) is 17.0 Å². The largest absolute Gasteiger partial charge is 0.480 e. The molecule has 1 unspecified atom stereocenters. The summed E-state index contributed by atoms with van der Waals surface area (Å²) >= 11 is 0. The van der Waals surface area contributed by atoms with E-state index in [1.807, 2.05) is 25.1 Å². The third kappa shape index (κ3) is 6.29. The zero-order valence-electron chi connectivity index (χ0n) is 19.6. The molecule has 0 spiro atoms. The van der Waals surface area contributed by atoms with Crippen molar-refractivity contribution in [3.8, 4) is 17.4 Å². The maximum atomic E-state index is 12.7. The average molecular weight is 499 g/mol. The Kier molecular flexibility index (Phi) is 7.37. The van der Waals surface area contributed by atoms with E-state index in [1.165, 1.54) is 31.1 Å². The Morgan fingerprint density at radius 3 is 2.69 bits per heavy atom. The van der Waals surface area contributed by atoms with Gasteiger partial charge in [0.2, 0.25) is 5.88 Å². The number of rotatable bonds is 5. The molecule has 1 saturated heterocycles. The van der Waals surface area contributed by atoms with Crippen LogP contribution >= 0.6 is 0 Å². The van der Waals surface area contributed by atoms with Crippen LogP contribution in [0, 0.1) is 5.92 Å². The summed E-state index contributed by atoms with van der Waals surface area (Å²) < 4.78 is 48.8. The van der Waals surface area contributed by atoms with Gasteiger partial charge in [0.25, 0.3) is 0 Å². The number of ether oxygens (including phenoxy) is 2. The lowest BCUT2D eigenvalue weighted by atomic mass is 9.91. The highest BCUT2D eigenvalue weighted by atomic mass is 19.4. The number of anilines is 1. The lowest BCUT2D eigenvalue weighted by Gasteiger charge is -2.33. The first-order chi connectivity index (χ1) is 17.2. The first-order valence-electron chi connectivity index (χ1n) is 11.1. The molecule has 3 aromatic rings. The smallest absolute Gasteiger partial charge is 0.433 e. The Bertz CT molecular complexity index is 1250. The van der Waals surface area contributed by atoms with Crippen molar-refractivity contribution in [1.82, 2.24) is 19.9 Å². The second kappa shape index (κ2) is 10.6. The van der Waals surface area contributed by atoms with Crippen molar-refractivity contribution in [1.29, 1.82) is 0 Å². The molecule has 1 fully saturated rings. The number of likely N-dealkylation sites (tertiary alicyclic amines) is 1. The van der Waals surface area contributed by atoms with E-state index >= 15 is 0 Å². The number of piperidine rings is 1. The average Bonchev–Trinajstić information content (AvgIpc) is 2.85. The predicted molar refractivity (Wildman–Crippen MR) is 127 cm³/mol. The lowest BCUT2D eigenvalue weighted by Crippen LogP contribution is -2.42. The highest BCUT2D eigenvalue weighted by Gasteiger charge is 2.32. The normalized spacial score (nSPS) is 17.1. The quantitative estimate of drug-likeness (QED) is 0.488. The van der Waals surface area contributed by atoms with Crippen molar-refractivity contribution in [2.24, 2.45) is 5.92 Å². The molecule has 0 aliphatic carbocycles.